The zero-order valence-corrected chi connectivity index (χ0v) is 10.7. The van der Waals surface area contributed by atoms with Crippen molar-refractivity contribution in [3.8, 4) is 0 Å². The normalized spacial score (nSPS) is 10.2. The maximum absolute atomic E-state index is 10.9. The molecule has 0 saturated heterocycles. The third kappa shape index (κ3) is 3.91. The lowest BCUT2D eigenvalue weighted by atomic mass is 10.2. The van der Waals surface area contributed by atoms with Crippen LogP contribution >= 0.6 is 23.2 Å². The number of halogens is 2. The number of carbonyl (C=O) groups excluding carboxylic acids is 2. The first kappa shape index (κ1) is 13.8. The summed E-state index contributed by atoms with van der Waals surface area (Å²) in [5.41, 5.74) is 0.324. The molecule has 92 valence electrons. The summed E-state index contributed by atoms with van der Waals surface area (Å²) in [7, 11) is 0. The van der Waals surface area contributed by atoms with Gasteiger partial charge in [0.1, 0.15) is 0 Å². The van der Waals surface area contributed by atoms with Gasteiger partial charge < -0.3 is 9.47 Å². The van der Waals surface area contributed by atoms with Crippen molar-refractivity contribution in [2.24, 2.45) is 0 Å². The van der Waals surface area contributed by atoms with Crippen LogP contribution < -0.4 is 0 Å². The minimum Gasteiger partial charge on any atom is -0.421 e. The Labute approximate surface area is 108 Å². The summed E-state index contributed by atoms with van der Waals surface area (Å²) >= 11 is 11.8. The molecule has 0 aliphatic carbocycles. The molecule has 0 aliphatic rings. The molecule has 0 N–H and O–H groups in total. The first-order chi connectivity index (χ1) is 7.91. The lowest BCUT2D eigenvalue weighted by Crippen LogP contribution is -2.15. The van der Waals surface area contributed by atoms with E-state index in [0.29, 0.717) is 5.56 Å². The Kier molecular flexibility index (Phi) is 4.78. The van der Waals surface area contributed by atoms with Crippen molar-refractivity contribution in [2.45, 2.75) is 20.1 Å². The van der Waals surface area contributed by atoms with Crippen molar-refractivity contribution in [1.29, 1.82) is 0 Å². The van der Waals surface area contributed by atoms with Crippen LogP contribution in [0, 0.1) is 0 Å². The Bertz CT molecular complexity index is 429. The zero-order valence-electron chi connectivity index (χ0n) is 9.20. The molecule has 0 aliphatic heterocycles. The van der Waals surface area contributed by atoms with Crippen molar-refractivity contribution >= 4 is 35.1 Å². The van der Waals surface area contributed by atoms with E-state index < -0.39 is 18.2 Å². The summed E-state index contributed by atoms with van der Waals surface area (Å²) in [6, 6.07) is 4.75. The Morgan fingerprint density at radius 3 is 2.12 bits per heavy atom. The van der Waals surface area contributed by atoms with Crippen LogP contribution in [0.15, 0.2) is 18.2 Å². The van der Waals surface area contributed by atoms with Crippen LogP contribution in [0.2, 0.25) is 10.0 Å². The fourth-order valence-electron chi connectivity index (χ4n) is 1.16. The van der Waals surface area contributed by atoms with Gasteiger partial charge in [-0.15, -0.1) is 0 Å². The van der Waals surface area contributed by atoms with Crippen molar-refractivity contribution in [1.82, 2.24) is 0 Å². The van der Waals surface area contributed by atoms with Crippen molar-refractivity contribution in [2.75, 3.05) is 0 Å². The number of rotatable bonds is 3. The van der Waals surface area contributed by atoms with Gasteiger partial charge in [-0.1, -0.05) is 29.3 Å². The molecule has 1 aromatic carbocycles. The summed E-state index contributed by atoms with van der Waals surface area (Å²) < 4.78 is 9.72. The quantitative estimate of drug-likeness (QED) is 0.629. The van der Waals surface area contributed by atoms with E-state index in [9.17, 15) is 9.59 Å². The second kappa shape index (κ2) is 5.89. The summed E-state index contributed by atoms with van der Waals surface area (Å²) in [4.78, 5) is 21.8. The van der Waals surface area contributed by atoms with E-state index in [0.717, 1.165) is 0 Å². The van der Waals surface area contributed by atoms with Gasteiger partial charge in [0, 0.05) is 13.8 Å². The highest BCUT2D eigenvalue weighted by Gasteiger charge is 2.21. The maximum atomic E-state index is 10.9. The van der Waals surface area contributed by atoms with Crippen LogP contribution in [0.25, 0.3) is 0 Å². The zero-order chi connectivity index (χ0) is 13.0. The molecule has 1 aromatic rings. The number of benzene rings is 1. The number of esters is 2. The molecule has 1 rings (SSSR count). The van der Waals surface area contributed by atoms with Gasteiger partial charge in [0.25, 0.3) is 6.29 Å². The Hall–Kier alpha value is -1.26. The second-order valence-corrected chi connectivity index (χ2v) is 3.98. The fraction of sp³-hybridized carbons (Fsp3) is 0.273. The minimum absolute atomic E-state index is 0.182. The highest BCUT2D eigenvalue weighted by molar-refractivity contribution is 6.42. The molecule has 17 heavy (non-hydrogen) atoms. The van der Waals surface area contributed by atoms with E-state index in [1.54, 1.807) is 18.2 Å². The van der Waals surface area contributed by atoms with Gasteiger partial charge in [-0.3, -0.25) is 9.59 Å². The smallest absolute Gasteiger partial charge is 0.305 e. The predicted octanol–water partition coefficient (Wildman–Crippen LogP) is 3.12. The van der Waals surface area contributed by atoms with Gasteiger partial charge in [0.2, 0.25) is 0 Å². The molecule has 6 heteroatoms. The average Bonchev–Trinajstić information content (AvgIpc) is 2.19. The second-order valence-electron chi connectivity index (χ2n) is 3.19. The van der Waals surface area contributed by atoms with Crippen molar-refractivity contribution in [3.63, 3.8) is 0 Å². The van der Waals surface area contributed by atoms with E-state index >= 15 is 0 Å². The lowest BCUT2D eigenvalue weighted by Gasteiger charge is -2.18. The third-order valence-electron chi connectivity index (χ3n) is 1.78. The first-order valence-corrected chi connectivity index (χ1v) is 5.45. The molecule has 0 saturated carbocycles. The highest BCUT2D eigenvalue weighted by atomic mass is 35.5. The molecule has 0 unspecified atom stereocenters. The molecule has 0 bridgehead atoms. The Balaban J connectivity index is 3.07. The lowest BCUT2D eigenvalue weighted by molar-refractivity contribution is -0.186. The molecular weight excluding hydrogens is 267 g/mol. The van der Waals surface area contributed by atoms with E-state index in [1.807, 2.05) is 0 Å². The third-order valence-corrected chi connectivity index (χ3v) is 2.61. The summed E-state index contributed by atoms with van der Waals surface area (Å²) in [6.07, 6.45) is -1.18. The molecule has 0 aromatic heterocycles. The van der Waals surface area contributed by atoms with Crippen LogP contribution in [-0.2, 0) is 19.1 Å². The molecule has 0 spiro atoms. The topological polar surface area (TPSA) is 52.6 Å². The van der Waals surface area contributed by atoms with Crippen LogP contribution in [-0.4, -0.2) is 11.9 Å². The highest BCUT2D eigenvalue weighted by Crippen LogP contribution is 2.32. The first-order valence-electron chi connectivity index (χ1n) is 4.70. The number of hydrogen-bond acceptors (Lipinski definition) is 4. The van der Waals surface area contributed by atoms with Crippen LogP contribution in [0.3, 0.4) is 0 Å². The van der Waals surface area contributed by atoms with Gasteiger partial charge in [-0.2, -0.15) is 0 Å². The monoisotopic (exact) mass is 276 g/mol. The maximum Gasteiger partial charge on any atom is 0.305 e. The van der Waals surface area contributed by atoms with Gasteiger partial charge in [0.05, 0.1) is 15.6 Å². The van der Waals surface area contributed by atoms with E-state index in [-0.39, 0.29) is 10.0 Å². The Morgan fingerprint density at radius 1 is 1.12 bits per heavy atom. The molecular formula is C11H10Cl2O4. The van der Waals surface area contributed by atoms with Crippen LogP contribution in [0.5, 0.6) is 0 Å². The summed E-state index contributed by atoms with van der Waals surface area (Å²) in [5.74, 6) is -1.18. The standard InChI is InChI=1S/C11H10Cl2O4/c1-6(14)16-11(17-7(2)15)8-4-3-5-9(12)10(8)13/h3-5,11H,1-2H3. The van der Waals surface area contributed by atoms with Crippen LogP contribution in [0.4, 0.5) is 0 Å². The van der Waals surface area contributed by atoms with E-state index in [4.69, 9.17) is 32.7 Å². The fourth-order valence-corrected chi connectivity index (χ4v) is 1.55. The van der Waals surface area contributed by atoms with Gasteiger partial charge in [-0.05, 0) is 12.1 Å². The molecule has 0 atom stereocenters. The number of hydrogen-bond donors (Lipinski definition) is 0. The molecule has 0 heterocycles. The van der Waals surface area contributed by atoms with Gasteiger partial charge in [0.15, 0.2) is 0 Å². The van der Waals surface area contributed by atoms with E-state index in [2.05, 4.69) is 0 Å². The predicted molar refractivity (Wildman–Crippen MR) is 62.7 cm³/mol. The Morgan fingerprint density at radius 2 is 1.65 bits per heavy atom. The van der Waals surface area contributed by atoms with Gasteiger partial charge >= 0.3 is 11.9 Å². The van der Waals surface area contributed by atoms with Crippen molar-refractivity contribution < 1.29 is 19.1 Å². The van der Waals surface area contributed by atoms with Crippen LogP contribution in [0.1, 0.15) is 25.7 Å². The molecule has 0 radical (unpaired) electrons. The molecule has 0 fully saturated rings. The van der Waals surface area contributed by atoms with E-state index in [1.165, 1.54) is 13.8 Å². The SMILES string of the molecule is CC(=O)OC(OC(C)=O)c1cccc(Cl)c1Cl. The molecule has 0 amide bonds. The summed E-state index contributed by atoms with van der Waals surface area (Å²) in [5, 5.41) is 0.468. The number of ether oxygens (including phenoxy) is 2. The average molecular weight is 277 g/mol. The van der Waals surface area contributed by atoms with Crippen molar-refractivity contribution in [3.05, 3.63) is 33.8 Å². The minimum atomic E-state index is -1.18. The van der Waals surface area contributed by atoms with Gasteiger partial charge in [-0.25, -0.2) is 0 Å². The summed E-state index contributed by atoms with van der Waals surface area (Å²) in [6.45, 7) is 2.41. The number of carbonyl (C=O) groups is 2. The molecule has 4 nitrogen and oxygen atoms in total. The largest absolute Gasteiger partial charge is 0.421 e.